The number of ether oxygens (including phenoxy) is 1. The van der Waals surface area contributed by atoms with Crippen molar-refractivity contribution in [3.05, 3.63) is 30.1 Å². The fraction of sp³-hybridized carbons (Fsp3) is 0.455. The van der Waals surface area contributed by atoms with Crippen LogP contribution in [-0.2, 0) is 9.53 Å². The van der Waals surface area contributed by atoms with Crippen LogP contribution >= 0.6 is 0 Å². The first-order valence-electron chi connectivity index (χ1n) is 4.71. The average molecular weight is 209 g/mol. The Morgan fingerprint density at radius 3 is 2.67 bits per heavy atom. The van der Waals surface area contributed by atoms with Crippen molar-refractivity contribution < 1.29 is 14.6 Å². The summed E-state index contributed by atoms with van der Waals surface area (Å²) in [6.07, 6.45) is 1.75. The van der Waals surface area contributed by atoms with E-state index in [4.69, 9.17) is 4.74 Å². The molecular formula is C11H15NO3. The lowest BCUT2D eigenvalue weighted by atomic mass is 10.1. The van der Waals surface area contributed by atoms with Gasteiger partial charge in [0.2, 0.25) is 0 Å². The van der Waals surface area contributed by atoms with Gasteiger partial charge in [0.15, 0.2) is 6.10 Å². The van der Waals surface area contributed by atoms with Crippen molar-refractivity contribution in [3.8, 4) is 0 Å². The number of aromatic nitrogens is 1. The Hall–Kier alpha value is -1.42. The van der Waals surface area contributed by atoms with E-state index >= 15 is 0 Å². The van der Waals surface area contributed by atoms with E-state index in [0.29, 0.717) is 5.56 Å². The van der Waals surface area contributed by atoms with Crippen LogP contribution in [0.3, 0.4) is 0 Å². The van der Waals surface area contributed by atoms with Crippen molar-refractivity contribution in [1.29, 1.82) is 0 Å². The highest BCUT2D eigenvalue weighted by atomic mass is 16.6. The second kappa shape index (κ2) is 4.40. The molecule has 82 valence electrons. The van der Waals surface area contributed by atoms with Crippen molar-refractivity contribution in [2.24, 2.45) is 0 Å². The molecular weight excluding hydrogens is 194 g/mol. The van der Waals surface area contributed by atoms with Crippen molar-refractivity contribution in [3.63, 3.8) is 0 Å². The summed E-state index contributed by atoms with van der Waals surface area (Å²) in [5.74, 6) is -0.657. The smallest absolute Gasteiger partial charge is 0.340 e. The number of esters is 1. The first-order valence-corrected chi connectivity index (χ1v) is 4.71. The maximum atomic E-state index is 11.5. The van der Waals surface area contributed by atoms with Crippen LogP contribution in [0, 0.1) is 0 Å². The van der Waals surface area contributed by atoms with Gasteiger partial charge >= 0.3 is 5.97 Å². The monoisotopic (exact) mass is 209 g/mol. The molecule has 1 rings (SSSR count). The third kappa shape index (κ3) is 3.67. The van der Waals surface area contributed by atoms with Gasteiger partial charge in [-0.05, 0) is 26.8 Å². The van der Waals surface area contributed by atoms with E-state index in [1.807, 2.05) is 0 Å². The normalized spacial score (nSPS) is 13.3. The number of hydrogen-bond acceptors (Lipinski definition) is 4. The summed E-state index contributed by atoms with van der Waals surface area (Å²) in [5, 5.41) is 9.64. The molecule has 0 amide bonds. The molecule has 1 unspecified atom stereocenters. The molecule has 15 heavy (non-hydrogen) atoms. The topological polar surface area (TPSA) is 59.4 Å². The Morgan fingerprint density at radius 2 is 2.20 bits per heavy atom. The number of rotatable bonds is 2. The zero-order valence-corrected chi connectivity index (χ0v) is 9.10. The van der Waals surface area contributed by atoms with Crippen LogP contribution in [0.5, 0.6) is 0 Å². The molecule has 4 nitrogen and oxygen atoms in total. The Kier molecular flexibility index (Phi) is 3.42. The van der Waals surface area contributed by atoms with Gasteiger partial charge in [0.25, 0.3) is 0 Å². The molecule has 0 spiro atoms. The SMILES string of the molecule is CC(C)(C)OC(=O)C(O)c1cccnc1. The number of pyridine rings is 1. The molecule has 0 aliphatic carbocycles. The molecule has 1 atom stereocenters. The average Bonchev–Trinajstić information content (AvgIpc) is 2.15. The van der Waals surface area contributed by atoms with Crippen LogP contribution in [0.4, 0.5) is 0 Å². The zero-order valence-electron chi connectivity index (χ0n) is 9.10. The molecule has 0 fully saturated rings. The van der Waals surface area contributed by atoms with Gasteiger partial charge in [0, 0.05) is 18.0 Å². The van der Waals surface area contributed by atoms with Gasteiger partial charge in [-0.25, -0.2) is 4.79 Å². The standard InChI is InChI=1S/C11H15NO3/c1-11(2,3)15-10(14)9(13)8-5-4-6-12-7-8/h4-7,9,13H,1-3H3. The minimum Gasteiger partial charge on any atom is -0.458 e. The maximum absolute atomic E-state index is 11.5. The summed E-state index contributed by atoms with van der Waals surface area (Å²) < 4.78 is 5.04. The predicted octanol–water partition coefficient (Wildman–Crippen LogP) is 1.46. The fourth-order valence-electron chi connectivity index (χ4n) is 1.03. The number of carbonyl (C=O) groups is 1. The zero-order chi connectivity index (χ0) is 11.5. The van der Waals surface area contributed by atoms with Crippen LogP contribution in [0.2, 0.25) is 0 Å². The summed E-state index contributed by atoms with van der Waals surface area (Å²) in [7, 11) is 0. The van der Waals surface area contributed by atoms with Gasteiger partial charge in [-0.2, -0.15) is 0 Å². The van der Waals surface area contributed by atoms with Crippen molar-refractivity contribution >= 4 is 5.97 Å². The van der Waals surface area contributed by atoms with Crippen LogP contribution in [0.25, 0.3) is 0 Å². The van der Waals surface area contributed by atoms with Gasteiger partial charge in [0.1, 0.15) is 5.60 Å². The Morgan fingerprint density at radius 1 is 1.53 bits per heavy atom. The maximum Gasteiger partial charge on any atom is 0.340 e. The minimum absolute atomic E-state index is 0.437. The van der Waals surface area contributed by atoms with E-state index in [1.54, 1.807) is 39.1 Å². The van der Waals surface area contributed by atoms with E-state index in [9.17, 15) is 9.90 Å². The van der Waals surface area contributed by atoms with E-state index in [1.165, 1.54) is 6.20 Å². The molecule has 1 aromatic heterocycles. The number of carbonyl (C=O) groups excluding carboxylic acids is 1. The Balaban J connectivity index is 2.70. The number of nitrogens with zero attached hydrogens (tertiary/aromatic N) is 1. The van der Waals surface area contributed by atoms with E-state index in [-0.39, 0.29) is 0 Å². The minimum atomic E-state index is -1.27. The first-order chi connectivity index (χ1) is 6.90. The summed E-state index contributed by atoms with van der Waals surface area (Å²) >= 11 is 0. The second-order valence-corrected chi connectivity index (χ2v) is 4.22. The summed E-state index contributed by atoms with van der Waals surface area (Å²) in [6.45, 7) is 5.25. The summed E-state index contributed by atoms with van der Waals surface area (Å²) in [4.78, 5) is 15.3. The quantitative estimate of drug-likeness (QED) is 0.749. The van der Waals surface area contributed by atoms with Crippen LogP contribution < -0.4 is 0 Å². The molecule has 0 radical (unpaired) electrons. The largest absolute Gasteiger partial charge is 0.458 e. The van der Waals surface area contributed by atoms with Gasteiger partial charge in [-0.3, -0.25) is 4.98 Å². The first kappa shape index (κ1) is 11.7. The second-order valence-electron chi connectivity index (χ2n) is 4.22. The highest BCUT2D eigenvalue weighted by Gasteiger charge is 2.24. The van der Waals surface area contributed by atoms with Crippen LogP contribution in [0.1, 0.15) is 32.4 Å². The van der Waals surface area contributed by atoms with Gasteiger partial charge in [-0.1, -0.05) is 6.07 Å². The van der Waals surface area contributed by atoms with Crippen LogP contribution in [-0.4, -0.2) is 21.7 Å². The lowest BCUT2D eigenvalue weighted by molar-refractivity contribution is -0.165. The third-order valence-corrected chi connectivity index (χ3v) is 1.63. The molecule has 1 aromatic rings. The van der Waals surface area contributed by atoms with Gasteiger partial charge < -0.3 is 9.84 Å². The fourth-order valence-corrected chi connectivity index (χ4v) is 1.03. The lowest BCUT2D eigenvalue weighted by Gasteiger charge is -2.21. The molecule has 0 aliphatic heterocycles. The molecule has 0 saturated heterocycles. The van der Waals surface area contributed by atoms with E-state index in [2.05, 4.69) is 4.98 Å². The molecule has 0 aliphatic rings. The van der Waals surface area contributed by atoms with Gasteiger partial charge in [-0.15, -0.1) is 0 Å². The molecule has 1 heterocycles. The summed E-state index contributed by atoms with van der Waals surface area (Å²) in [6, 6.07) is 3.28. The molecule has 0 aromatic carbocycles. The molecule has 0 saturated carbocycles. The van der Waals surface area contributed by atoms with E-state index < -0.39 is 17.7 Å². The van der Waals surface area contributed by atoms with Crippen molar-refractivity contribution in [2.45, 2.75) is 32.5 Å². The lowest BCUT2D eigenvalue weighted by Crippen LogP contribution is -2.27. The predicted molar refractivity (Wildman–Crippen MR) is 55.0 cm³/mol. The molecule has 0 bridgehead atoms. The third-order valence-electron chi connectivity index (χ3n) is 1.63. The highest BCUT2D eigenvalue weighted by Crippen LogP contribution is 2.17. The Bertz CT molecular complexity index is 329. The summed E-state index contributed by atoms with van der Waals surface area (Å²) in [5.41, 5.74) is -0.160. The van der Waals surface area contributed by atoms with E-state index in [0.717, 1.165) is 0 Å². The Labute approximate surface area is 88.9 Å². The molecule has 1 N–H and O–H groups in total. The highest BCUT2D eigenvalue weighted by molar-refractivity contribution is 5.76. The van der Waals surface area contributed by atoms with Crippen molar-refractivity contribution in [1.82, 2.24) is 4.98 Å². The van der Waals surface area contributed by atoms with Crippen molar-refractivity contribution in [2.75, 3.05) is 0 Å². The number of aliphatic hydroxyl groups is 1. The number of hydrogen-bond donors (Lipinski definition) is 1. The molecule has 4 heteroatoms. The van der Waals surface area contributed by atoms with Crippen LogP contribution in [0.15, 0.2) is 24.5 Å². The van der Waals surface area contributed by atoms with Gasteiger partial charge in [0.05, 0.1) is 0 Å². The number of aliphatic hydroxyl groups excluding tert-OH is 1.